The lowest BCUT2D eigenvalue weighted by atomic mass is 9.38. The van der Waals surface area contributed by atoms with Gasteiger partial charge in [0.1, 0.15) is 6.71 Å². The first-order valence-electron chi connectivity index (χ1n) is 4.63. The van der Waals surface area contributed by atoms with Crippen molar-refractivity contribution in [3.63, 3.8) is 0 Å². The topological polar surface area (TPSA) is 0 Å². The number of hydrogen-bond acceptors (Lipinski definition) is 0. The van der Waals surface area contributed by atoms with Gasteiger partial charge in [0.25, 0.3) is 0 Å². The Morgan fingerprint density at radius 1 is 1.30 bits per heavy atom. The number of hydrogen-bond donors (Lipinski definition) is 0. The van der Waals surface area contributed by atoms with E-state index in [2.05, 4.69) is 27.6 Å². The molecule has 2 atom stereocenters. The van der Waals surface area contributed by atoms with Crippen molar-refractivity contribution in [1.82, 2.24) is 0 Å². The quantitative estimate of drug-likeness (QED) is 0.487. The Balaban J connectivity index is 2.49. The van der Waals surface area contributed by atoms with E-state index in [9.17, 15) is 0 Å². The lowest BCUT2D eigenvalue weighted by molar-refractivity contribution is 0.562. The molecule has 0 aromatic carbocycles. The summed E-state index contributed by atoms with van der Waals surface area (Å²) in [5, 5.41) is 0. The van der Waals surface area contributed by atoms with Crippen LogP contribution in [0.5, 0.6) is 0 Å². The summed E-state index contributed by atoms with van der Waals surface area (Å²) in [6.45, 7) is 10.5. The molecule has 0 bridgehead atoms. The van der Waals surface area contributed by atoms with E-state index >= 15 is 0 Å². The molecule has 0 aromatic rings. The highest BCUT2D eigenvalue weighted by atomic mass is 14.2. The van der Waals surface area contributed by atoms with Crippen molar-refractivity contribution < 1.29 is 0 Å². The van der Waals surface area contributed by atoms with Gasteiger partial charge >= 0.3 is 0 Å². The Labute approximate surface area is 65.5 Å². The van der Waals surface area contributed by atoms with Gasteiger partial charge in [-0.15, -0.1) is 0 Å². The predicted octanol–water partition coefficient (Wildman–Crippen LogP) is 3.32. The van der Waals surface area contributed by atoms with E-state index in [-0.39, 0.29) is 0 Å². The normalized spacial score (nSPS) is 33.9. The lowest BCUT2D eigenvalue weighted by Gasteiger charge is -2.18. The van der Waals surface area contributed by atoms with Crippen molar-refractivity contribution in [2.75, 3.05) is 0 Å². The summed E-state index contributed by atoms with van der Waals surface area (Å²) in [7, 11) is 0. The largest absolute Gasteiger partial charge is 0.143 e. The molecule has 1 rings (SSSR count). The van der Waals surface area contributed by atoms with E-state index in [4.69, 9.17) is 0 Å². The van der Waals surface area contributed by atoms with Crippen molar-refractivity contribution in [3.05, 3.63) is 0 Å². The molecule has 1 aliphatic rings. The Hall–Kier alpha value is 0.0649. The summed E-state index contributed by atoms with van der Waals surface area (Å²) in [5.41, 5.74) is 0. The summed E-state index contributed by atoms with van der Waals surface area (Å²) in [5.74, 6) is 2.89. The molecular formula is C9H19B. The first kappa shape index (κ1) is 8.16. The van der Waals surface area contributed by atoms with E-state index in [1.165, 1.54) is 12.8 Å². The average Bonchev–Trinajstić information content (AvgIpc) is 2.14. The monoisotopic (exact) mass is 138 g/mol. The molecule has 1 saturated heterocycles. The smallest absolute Gasteiger partial charge is 0.0856 e. The molecule has 0 saturated carbocycles. The summed E-state index contributed by atoms with van der Waals surface area (Å²) >= 11 is 0. The second-order valence-corrected chi connectivity index (χ2v) is 4.32. The maximum Gasteiger partial charge on any atom is 0.143 e. The Morgan fingerprint density at radius 3 is 2.10 bits per heavy atom. The van der Waals surface area contributed by atoms with Gasteiger partial charge < -0.3 is 0 Å². The van der Waals surface area contributed by atoms with Crippen LogP contribution >= 0.6 is 0 Å². The van der Waals surface area contributed by atoms with Crippen molar-refractivity contribution in [2.24, 2.45) is 5.92 Å². The van der Waals surface area contributed by atoms with Crippen molar-refractivity contribution in [2.45, 2.75) is 52.1 Å². The third kappa shape index (κ3) is 1.38. The molecule has 1 aliphatic heterocycles. The molecule has 0 amide bonds. The van der Waals surface area contributed by atoms with Gasteiger partial charge in [-0.05, 0) is 0 Å². The minimum Gasteiger partial charge on any atom is -0.0856 e. The van der Waals surface area contributed by atoms with Crippen LogP contribution in [-0.2, 0) is 0 Å². The summed E-state index contributed by atoms with van der Waals surface area (Å²) in [6, 6.07) is 0. The number of rotatable bonds is 1. The van der Waals surface area contributed by atoms with Gasteiger partial charge in [0.15, 0.2) is 0 Å². The van der Waals surface area contributed by atoms with Crippen LogP contribution in [0.4, 0.5) is 0 Å². The van der Waals surface area contributed by atoms with E-state index in [0.29, 0.717) is 0 Å². The standard InChI is InChI=1S/C9H19B/c1-7(2)9-6-5-8(3)10(9)4/h7-9H,5-6H2,1-4H3. The molecule has 0 spiro atoms. The summed E-state index contributed by atoms with van der Waals surface area (Å²) < 4.78 is 0. The third-order valence-electron chi connectivity index (χ3n) is 3.38. The highest BCUT2D eigenvalue weighted by Gasteiger charge is 2.33. The molecule has 0 aromatic heterocycles. The molecule has 0 radical (unpaired) electrons. The van der Waals surface area contributed by atoms with Crippen molar-refractivity contribution >= 4 is 6.71 Å². The fourth-order valence-corrected chi connectivity index (χ4v) is 2.34. The van der Waals surface area contributed by atoms with Gasteiger partial charge in [0.2, 0.25) is 0 Å². The minimum atomic E-state index is 0.903. The van der Waals surface area contributed by atoms with Gasteiger partial charge in [0, 0.05) is 0 Å². The molecule has 10 heavy (non-hydrogen) atoms. The summed E-state index contributed by atoms with van der Waals surface area (Å²) in [4.78, 5) is 0. The Kier molecular flexibility index (Phi) is 2.43. The zero-order valence-corrected chi connectivity index (χ0v) is 7.72. The fourth-order valence-electron chi connectivity index (χ4n) is 2.34. The zero-order valence-electron chi connectivity index (χ0n) is 7.72. The van der Waals surface area contributed by atoms with Gasteiger partial charge in [-0.25, -0.2) is 0 Å². The fraction of sp³-hybridized carbons (Fsp3) is 1.00. The maximum absolute atomic E-state index is 2.42. The van der Waals surface area contributed by atoms with E-state index < -0.39 is 0 Å². The maximum atomic E-state index is 2.42. The summed E-state index contributed by atoms with van der Waals surface area (Å²) in [6.07, 6.45) is 2.93. The molecule has 1 heterocycles. The van der Waals surface area contributed by atoms with Crippen LogP contribution in [-0.4, -0.2) is 6.71 Å². The first-order chi connectivity index (χ1) is 4.63. The Bertz CT molecular complexity index is 109. The first-order valence-corrected chi connectivity index (χ1v) is 4.63. The molecule has 2 unspecified atom stereocenters. The lowest BCUT2D eigenvalue weighted by Crippen LogP contribution is -2.17. The zero-order chi connectivity index (χ0) is 7.72. The van der Waals surface area contributed by atoms with Crippen LogP contribution in [0.1, 0.15) is 33.6 Å². The van der Waals surface area contributed by atoms with E-state index in [1.54, 1.807) is 0 Å². The van der Waals surface area contributed by atoms with Crippen LogP contribution in [0.2, 0.25) is 18.5 Å². The predicted molar refractivity (Wildman–Crippen MR) is 48.9 cm³/mol. The van der Waals surface area contributed by atoms with E-state index in [0.717, 1.165) is 24.3 Å². The molecule has 1 heteroatoms. The van der Waals surface area contributed by atoms with Gasteiger partial charge in [-0.2, -0.15) is 0 Å². The van der Waals surface area contributed by atoms with Gasteiger partial charge in [0.05, 0.1) is 0 Å². The average molecular weight is 138 g/mol. The molecule has 0 aliphatic carbocycles. The third-order valence-corrected chi connectivity index (χ3v) is 3.38. The van der Waals surface area contributed by atoms with Crippen LogP contribution < -0.4 is 0 Å². The molecule has 0 nitrogen and oxygen atoms in total. The SMILES string of the molecule is CB1C(C)CCC1C(C)C. The second kappa shape index (κ2) is 2.98. The van der Waals surface area contributed by atoms with Crippen LogP contribution in [0.3, 0.4) is 0 Å². The highest BCUT2D eigenvalue weighted by molar-refractivity contribution is 6.61. The van der Waals surface area contributed by atoms with Crippen molar-refractivity contribution in [1.29, 1.82) is 0 Å². The molecule has 58 valence electrons. The molecule has 0 N–H and O–H groups in total. The highest BCUT2D eigenvalue weighted by Crippen LogP contribution is 2.42. The van der Waals surface area contributed by atoms with Crippen molar-refractivity contribution in [3.8, 4) is 0 Å². The van der Waals surface area contributed by atoms with Gasteiger partial charge in [-0.3, -0.25) is 0 Å². The van der Waals surface area contributed by atoms with Gasteiger partial charge in [-0.1, -0.05) is 58.0 Å². The minimum absolute atomic E-state index is 0.903. The molecular weight excluding hydrogens is 119 g/mol. The van der Waals surface area contributed by atoms with E-state index in [1.807, 2.05) is 0 Å². The second-order valence-electron chi connectivity index (χ2n) is 4.32. The molecule has 1 fully saturated rings. The Morgan fingerprint density at radius 2 is 1.90 bits per heavy atom. The van der Waals surface area contributed by atoms with Crippen LogP contribution in [0.15, 0.2) is 0 Å². The van der Waals surface area contributed by atoms with Crippen LogP contribution in [0, 0.1) is 5.92 Å². The van der Waals surface area contributed by atoms with Crippen LogP contribution in [0.25, 0.3) is 0 Å².